The molecular formula is C15H23ClN2O2. The number of benzene rings is 1. The van der Waals surface area contributed by atoms with Crippen molar-refractivity contribution < 1.29 is 9.53 Å². The van der Waals surface area contributed by atoms with Gasteiger partial charge < -0.3 is 15.4 Å². The summed E-state index contributed by atoms with van der Waals surface area (Å²) in [5.41, 5.74) is 1.10. The molecule has 0 spiro atoms. The average Bonchev–Trinajstić information content (AvgIpc) is 2.91. The molecule has 1 heterocycles. The molecule has 1 aliphatic heterocycles. The molecule has 20 heavy (non-hydrogen) atoms. The molecule has 4 nitrogen and oxygen atoms in total. The van der Waals surface area contributed by atoms with E-state index in [-0.39, 0.29) is 24.4 Å². The maximum Gasteiger partial charge on any atom is 0.220 e. The molecule has 1 aliphatic rings. The highest BCUT2D eigenvalue weighted by molar-refractivity contribution is 5.85. The van der Waals surface area contributed by atoms with Crippen LogP contribution in [0.3, 0.4) is 0 Å². The topological polar surface area (TPSA) is 50.4 Å². The van der Waals surface area contributed by atoms with E-state index in [1.54, 1.807) is 7.11 Å². The molecular weight excluding hydrogens is 276 g/mol. The summed E-state index contributed by atoms with van der Waals surface area (Å²) < 4.78 is 5.12. The molecule has 0 saturated carbocycles. The van der Waals surface area contributed by atoms with Crippen LogP contribution in [0.1, 0.15) is 31.4 Å². The fraction of sp³-hybridized carbons (Fsp3) is 0.533. The molecule has 112 valence electrons. The van der Waals surface area contributed by atoms with Gasteiger partial charge in [-0.25, -0.2) is 0 Å². The van der Waals surface area contributed by atoms with Crippen LogP contribution < -0.4 is 15.4 Å². The number of rotatable bonds is 5. The number of ether oxygens (including phenoxy) is 1. The van der Waals surface area contributed by atoms with Crippen molar-refractivity contribution in [1.82, 2.24) is 10.6 Å². The Morgan fingerprint density at radius 2 is 2.15 bits per heavy atom. The van der Waals surface area contributed by atoms with E-state index < -0.39 is 0 Å². The van der Waals surface area contributed by atoms with Crippen molar-refractivity contribution in [3.63, 3.8) is 0 Å². The van der Waals surface area contributed by atoms with Gasteiger partial charge in [-0.05, 0) is 50.0 Å². The molecule has 0 aromatic heterocycles. The second-order valence-electron chi connectivity index (χ2n) is 5.13. The van der Waals surface area contributed by atoms with E-state index in [1.807, 2.05) is 31.2 Å². The Hall–Kier alpha value is -1.26. The maximum absolute atomic E-state index is 11.9. The number of carbonyl (C=O) groups is 1. The predicted octanol–water partition coefficient (Wildman–Crippen LogP) is 2.29. The van der Waals surface area contributed by atoms with Crippen LogP contribution in [0.25, 0.3) is 0 Å². The zero-order valence-electron chi connectivity index (χ0n) is 12.0. The second kappa shape index (κ2) is 8.12. The van der Waals surface area contributed by atoms with Crippen LogP contribution in [0.4, 0.5) is 0 Å². The normalized spacial score (nSPS) is 19.0. The summed E-state index contributed by atoms with van der Waals surface area (Å²) in [4.78, 5) is 11.9. The standard InChI is InChI=1S/C15H22N2O2.ClH/c1-11(13-3-5-14(19-2)6-4-13)17-15(18)9-12-7-8-16-10-12;/h3-6,11-12,16H,7-10H2,1-2H3,(H,17,18);1H. The third-order valence-electron chi connectivity index (χ3n) is 3.63. The molecule has 1 fully saturated rings. The summed E-state index contributed by atoms with van der Waals surface area (Å²) in [6.07, 6.45) is 1.72. The third-order valence-corrected chi connectivity index (χ3v) is 3.63. The average molecular weight is 299 g/mol. The number of hydrogen-bond acceptors (Lipinski definition) is 3. The largest absolute Gasteiger partial charge is 0.497 e. The molecule has 0 bridgehead atoms. The van der Waals surface area contributed by atoms with Crippen LogP contribution in [0.5, 0.6) is 5.75 Å². The van der Waals surface area contributed by atoms with Gasteiger partial charge in [0.1, 0.15) is 5.75 Å². The lowest BCUT2D eigenvalue weighted by Crippen LogP contribution is -2.28. The van der Waals surface area contributed by atoms with Gasteiger partial charge in [-0.15, -0.1) is 12.4 Å². The first-order valence-corrected chi connectivity index (χ1v) is 6.83. The van der Waals surface area contributed by atoms with Gasteiger partial charge >= 0.3 is 0 Å². The maximum atomic E-state index is 11.9. The summed E-state index contributed by atoms with van der Waals surface area (Å²) in [6.45, 7) is 4.00. The number of hydrogen-bond donors (Lipinski definition) is 2. The molecule has 1 saturated heterocycles. The molecule has 1 aromatic carbocycles. The first kappa shape index (κ1) is 16.8. The van der Waals surface area contributed by atoms with Gasteiger partial charge in [-0.2, -0.15) is 0 Å². The van der Waals surface area contributed by atoms with Crippen LogP contribution in [-0.4, -0.2) is 26.1 Å². The van der Waals surface area contributed by atoms with E-state index in [2.05, 4.69) is 10.6 Å². The van der Waals surface area contributed by atoms with Crippen molar-refractivity contribution in [1.29, 1.82) is 0 Å². The first-order valence-electron chi connectivity index (χ1n) is 6.83. The number of methoxy groups -OCH3 is 1. The minimum absolute atomic E-state index is 0. The molecule has 0 aliphatic carbocycles. The van der Waals surface area contributed by atoms with Crippen molar-refractivity contribution in [3.8, 4) is 5.75 Å². The molecule has 0 radical (unpaired) electrons. The van der Waals surface area contributed by atoms with Crippen molar-refractivity contribution in [2.45, 2.75) is 25.8 Å². The highest BCUT2D eigenvalue weighted by atomic mass is 35.5. The van der Waals surface area contributed by atoms with Crippen LogP contribution in [-0.2, 0) is 4.79 Å². The Morgan fingerprint density at radius 3 is 2.70 bits per heavy atom. The minimum atomic E-state index is 0. The summed E-state index contributed by atoms with van der Waals surface area (Å²) in [7, 11) is 1.65. The predicted molar refractivity (Wildman–Crippen MR) is 82.4 cm³/mol. The van der Waals surface area contributed by atoms with Gasteiger partial charge in [-0.3, -0.25) is 4.79 Å². The van der Waals surface area contributed by atoms with Gasteiger partial charge in [0.05, 0.1) is 13.2 Å². The smallest absolute Gasteiger partial charge is 0.220 e. The van der Waals surface area contributed by atoms with Crippen molar-refractivity contribution in [2.24, 2.45) is 5.92 Å². The first-order chi connectivity index (χ1) is 9.19. The van der Waals surface area contributed by atoms with Crippen molar-refractivity contribution in [3.05, 3.63) is 29.8 Å². The molecule has 5 heteroatoms. The molecule has 1 aromatic rings. The highest BCUT2D eigenvalue weighted by Crippen LogP contribution is 2.18. The number of amides is 1. The number of nitrogens with one attached hydrogen (secondary N) is 2. The summed E-state index contributed by atoms with van der Waals surface area (Å²) in [6, 6.07) is 7.84. The van der Waals surface area contributed by atoms with Crippen LogP contribution in [0, 0.1) is 5.92 Å². The molecule has 2 atom stereocenters. The Kier molecular flexibility index (Phi) is 6.82. The van der Waals surface area contributed by atoms with Gasteiger partial charge in [0.2, 0.25) is 5.91 Å². The summed E-state index contributed by atoms with van der Waals surface area (Å²) in [5.74, 6) is 1.46. The fourth-order valence-electron chi connectivity index (χ4n) is 2.43. The van der Waals surface area contributed by atoms with Crippen molar-refractivity contribution >= 4 is 18.3 Å². The van der Waals surface area contributed by atoms with Gasteiger partial charge in [-0.1, -0.05) is 12.1 Å². The lowest BCUT2D eigenvalue weighted by molar-refractivity contribution is -0.122. The van der Waals surface area contributed by atoms with Gasteiger partial charge in [0.15, 0.2) is 0 Å². The quantitative estimate of drug-likeness (QED) is 0.877. The Balaban J connectivity index is 0.00000200. The molecule has 2 N–H and O–H groups in total. The molecule has 1 amide bonds. The summed E-state index contributed by atoms with van der Waals surface area (Å²) in [5, 5.41) is 6.33. The van der Waals surface area contributed by atoms with Crippen LogP contribution >= 0.6 is 12.4 Å². The monoisotopic (exact) mass is 298 g/mol. The molecule has 2 rings (SSSR count). The fourth-order valence-corrected chi connectivity index (χ4v) is 2.43. The van der Waals surface area contributed by atoms with Crippen molar-refractivity contribution in [2.75, 3.05) is 20.2 Å². The SMILES string of the molecule is COc1ccc(C(C)NC(=O)CC2CCNC2)cc1.Cl. The van der Waals surface area contributed by atoms with Gasteiger partial charge in [0.25, 0.3) is 0 Å². The van der Waals surface area contributed by atoms with E-state index in [4.69, 9.17) is 4.74 Å². The van der Waals surface area contributed by atoms with Crippen LogP contribution in [0.2, 0.25) is 0 Å². The Bertz CT molecular complexity index is 416. The lowest BCUT2D eigenvalue weighted by Gasteiger charge is -2.16. The Labute approximate surface area is 126 Å². The number of halogens is 1. The molecule has 2 unspecified atom stereocenters. The van der Waals surface area contributed by atoms with E-state index in [0.29, 0.717) is 12.3 Å². The lowest BCUT2D eigenvalue weighted by atomic mass is 10.0. The zero-order valence-corrected chi connectivity index (χ0v) is 12.8. The summed E-state index contributed by atoms with van der Waals surface area (Å²) >= 11 is 0. The Morgan fingerprint density at radius 1 is 1.45 bits per heavy atom. The van der Waals surface area contributed by atoms with E-state index in [0.717, 1.165) is 30.8 Å². The van der Waals surface area contributed by atoms with Gasteiger partial charge in [0, 0.05) is 6.42 Å². The van der Waals surface area contributed by atoms with E-state index >= 15 is 0 Å². The van der Waals surface area contributed by atoms with E-state index in [1.165, 1.54) is 0 Å². The second-order valence-corrected chi connectivity index (χ2v) is 5.13. The third kappa shape index (κ3) is 4.69. The zero-order chi connectivity index (χ0) is 13.7. The van der Waals surface area contributed by atoms with E-state index in [9.17, 15) is 4.79 Å². The highest BCUT2D eigenvalue weighted by Gasteiger charge is 2.19. The van der Waals surface area contributed by atoms with Crippen LogP contribution in [0.15, 0.2) is 24.3 Å². The number of carbonyl (C=O) groups excluding carboxylic acids is 1. The minimum Gasteiger partial charge on any atom is -0.497 e.